The van der Waals surface area contributed by atoms with Gasteiger partial charge in [-0.05, 0) is 46.9 Å². The molecule has 0 atom stereocenters. The van der Waals surface area contributed by atoms with E-state index in [1.165, 1.54) is 5.56 Å². The average Bonchev–Trinajstić information content (AvgIpc) is 3.11. The normalized spacial score (nSPS) is 10.8. The highest BCUT2D eigenvalue weighted by atomic mass is 16.6. The van der Waals surface area contributed by atoms with Crippen LogP contribution in [0.25, 0.3) is 11.3 Å². The number of aryl methyl sites for hydroxylation is 1. The van der Waals surface area contributed by atoms with Crippen molar-refractivity contribution in [1.82, 2.24) is 20.3 Å². The lowest BCUT2D eigenvalue weighted by atomic mass is 10.1. The third-order valence-corrected chi connectivity index (χ3v) is 4.27. The molecule has 4 rings (SSSR count). The molecule has 0 aliphatic heterocycles. The van der Waals surface area contributed by atoms with Crippen LogP contribution in [-0.2, 0) is 6.54 Å². The average molecular weight is 346 g/mol. The highest BCUT2D eigenvalue weighted by molar-refractivity contribution is 5.77. The van der Waals surface area contributed by atoms with Gasteiger partial charge in [0.25, 0.3) is 0 Å². The molecule has 0 saturated carbocycles. The molecule has 0 saturated heterocycles. The molecule has 0 radical (unpaired) electrons. The van der Waals surface area contributed by atoms with Crippen LogP contribution in [0.4, 0.5) is 17.3 Å². The van der Waals surface area contributed by atoms with Crippen molar-refractivity contribution in [2.24, 2.45) is 0 Å². The van der Waals surface area contributed by atoms with Crippen molar-refractivity contribution in [3.05, 3.63) is 65.2 Å². The van der Waals surface area contributed by atoms with E-state index in [0.29, 0.717) is 29.5 Å². The van der Waals surface area contributed by atoms with Gasteiger partial charge >= 0.3 is 0 Å². The van der Waals surface area contributed by atoms with Crippen LogP contribution in [0.1, 0.15) is 16.7 Å². The summed E-state index contributed by atoms with van der Waals surface area (Å²) in [6, 6.07) is 16.2. The Bertz CT molecular complexity index is 1040. The minimum atomic E-state index is 0.364. The summed E-state index contributed by atoms with van der Waals surface area (Å²) in [5.41, 5.74) is 5.20. The summed E-state index contributed by atoms with van der Waals surface area (Å²) in [5.74, 6) is 1.18. The van der Waals surface area contributed by atoms with Gasteiger partial charge in [-0.1, -0.05) is 42.5 Å². The van der Waals surface area contributed by atoms with Crippen LogP contribution in [-0.4, -0.2) is 20.3 Å². The number of nitrogens with one attached hydrogen (secondary N) is 2. The maximum Gasteiger partial charge on any atom is 0.245 e. The number of anilines is 3. The molecule has 0 bridgehead atoms. The number of aromatic nitrogens is 4. The molecule has 130 valence electrons. The Morgan fingerprint density at radius 1 is 0.846 bits per heavy atom. The van der Waals surface area contributed by atoms with Crippen molar-refractivity contribution < 1.29 is 4.63 Å². The molecule has 4 aromatic rings. The minimum Gasteiger partial charge on any atom is -0.363 e. The van der Waals surface area contributed by atoms with Gasteiger partial charge in [-0.2, -0.15) is 0 Å². The first kappa shape index (κ1) is 16.0. The Morgan fingerprint density at radius 2 is 1.58 bits per heavy atom. The molecule has 2 heterocycles. The fraction of sp³-hybridized carbons (Fsp3) is 0.158. The van der Waals surface area contributed by atoms with E-state index in [1.807, 2.05) is 30.3 Å². The molecule has 7 heteroatoms. The number of fused-ring (bicyclic) bond motifs is 1. The van der Waals surface area contributed by atoms with E-state index < -0.39 is 0 Å². The first-order valence-electron chi connectivity index (χ1n) is 8.32. The van der Waals surface area contributed by atoms with Crippen molar-refractivity contribution in [3.63, 3.8) is 0 Å². The third kappa shape index (κ3) is 3.19. The van der Waals surface area contributed by atoms with E-state index in [4.69, 9.17) is 4.63 Å². The van der Waals surface area contributed by atoms with Crippen LogP contribution >= 0.6 is 0 Å². The Morgan fingerprint density at radius 3 is 2.35 bits per heavy atom. The second-order valence-electron chi connectivity index (χ2n) is 6.04. The highest BCUT2D eigenvalue weighted by Gasteiger charge is 2.14. The van der Waals surface area contributed by atoms with Crippen LogP contribution in [0.5, 0.6) is 0 Å². The highest BCUT2D eigenvalue weighted by Crippen LogP contribution is 2.27. The summed E-state index contributed by atoms with van der Waals surface area (Å²) in [6.45, 7) is 4.76. The van der Waals surface area contributed by atoms with Crippen molar-refractivity contribution >= 4 is 28.6 Å². The van der Waals surface area contributed by atoms with Crippen molar-refractivity contribution in [2.75, 3.05) is 10.6 Å². The zero-order valence-corrected chi connectivity index (χ0v) is 14.5. The van der Waals surface area contributed by atoms with Gasteiger partial charge < -0.3 is 10.6 Å². The number of benzene rings is 2. The molecule has 2 aromatic heterocycles. The number of nitrogens with zero attached hydrogens (tertiary/aromatic N) is 4. The molecule has 26 heavy (non-hydrogen) atoms. The van der Waals surface area contributed by atoms with E-state index in [0.717, 1.165) is 16.8 Å². The van der Waals surface area contributed by atoms with E-state index in [2.05, 4.69) is 63.0 Å². The van der Waals surface area contributed by atoms with Gasteiger partial charge in [0, 0.05) is 12.2 Å². The van der Waals surface area contributed by atoms with Crippen LogP contribution in [0.3, 0.4) is 0 Å². The largest absolute Gasteiger partial charge is 0.363 e. The Kier molecular flexibility index (Phi) is 4.18. The van der Waals surface area contributed by atoms with Crippen LogP contribution in [0, 0.1) is 13.8 Å². The zero-order chi connectivity index (χ0) is 17.9. The first-order chi connectivity index (χ1) is 12.7. The van der Waals surface area contributed by atoms with Gasteiger partial charge in [-0.25, -0.2) is 14.6 Å². The van der Waals surface area contributed by atoms with Crippen LogP contribution in [0.2, 0.25) is 0 Å². The third-order valence-electron chi connectivity index (χ3n) is 4.27. The molecule has 2 aromatic carbocycles. The van der Waals surface area contributed by atoms with Gasteiger partial charge in [0.2, 0.25) is 11.3 Å². The Balaban J connectivity index is 1.68. The number of hydrogen-bond acceptors (Lipinski definition) is 7. The summed E-state index contributed by atoms with van der Waals surface area (Å²) < 4.78 is 4.75. The predicted molar refractivity (Wildman–Crippen MR) is 100 cm³/mol. The summed E-state index contributed by atoms with van der Waals surface area (Å²) >= 11 is 0. The molecule has 0 aliphatic carbocycles. The molecular weight excluding hydrogens is 328 g/mol. The monoisotopic (exact) mass is 346 g/mol. The minimum absolute atomic E-state index is 0.364. The van der Waals surface area contributed by atoms with Crippen molar-refractivity contribution in [1.29, 1.82) is 0 Å². The smallest absolute Gasteiger partial charge is 0.245 e. The Labute approximate surface area is 150 Å². The molecule has 0 unspecified atom stereocenters. The topological polar surface area (TPSA) is 88.8 Å². The molecule has 0 spiro atoms. The Hall–Kier alpha value is -3.48. The fourth-order valence-corrected chi connectivity index (χ4v) is 2.64. The molecule has 2 N–H and O–H groups in total. The zero-order valence-electron chi connectivity index (χ0n) is 14.5. The SMILES string of the molecule is Cc1cccc(Nc2nc3nonc3nc2NCc2ccccc2)c1C. The van der Waals surface area contributed by atoms with Crippen molar-refractivity contribution in [2.45, 2.75) is 20.4 Å². The standard InChI is InChI=1S/C19H18N6O/c1-12-7-6-10-15(13(12)2)21-17-16(20-11-14-8-4-3-5-9-14)22-18-19(23-17)25-26-24-18/h3-10H,11H2,1-2H3,(H,20,22,24)(H,21,23,25). The fourth-order valence-electron chi connectivity index (χ4n) is 2.64. The van der Waals surface area contributed by atoms with Crippen LogP contribution < -0.4 is 10.6 Å². The molecule has 0 amide bonds. The summed E-state index contributed by atoms with van der Waals surface area (Å²) in [6.07, 6.45) is 0. The maximum absolute atomic E-state index is 4.75. The first-order valence-corrected chi connectivity index (χ1v) is 8.32. The number of hydrogen-bond donors (Lipinski definition) is 2. The summed E-state index contributed by atoms with van der Waals surface area (Å²) in [4.78, 5) is 9.01. The molecule has 0 fully saturated rings. The molecule has 0 aliphatic rings. The van der Waals surface area contributed by atoms with E-state index >= 15 is 0 Å². The van der Waals surface area contributed by atoms with Gasteiger partial charge in [-0.15, -0.1) is 0 Å². The van der Waals surface area contributed by atoms with Gasteiger partial charge in [0.05, 0.1) is 0 Å². The van der Waals surface area contributed by atoms with Gasteiger partial charge in [-0.3, -0.25) is 0 Å². The maximum atomic E-state index is 4.75. The van der Waals surface area contributed by atoms with Crippen molar-refractivity contribution in [3.8, 4) is 0 Å². The van der Waals surface area contributed by atoms with Gasteiger partial charge in [0.15, 0.2) is 11.6 Å². The van der Waals surface area contributed by atoms with E-state index in [-0.39, 0.29) is 0 Å². The lowest BCUT2D eigenvalue weighted by molar-refractivity contribution is 0.314. The number of rotatable bonds is 5. The predicted octanol–water partition coefficient (Wildman–Crippen LogP) is 3.99. The molecule has 7 nitrogen and oxygen atoms in total. The molecular formula is C19H18N6O. The second kappa shape index (κ2) is 6.79. The van der Waals surface area contributed by atoms with E-state index in [9.17, 15) is 0 Å². The summed E-state index contributed by atoms with van der Waals surface area (Å²) in [5, 5.41) is 14.3. The van der Waals surface area contributed by atoms with E-state index in [1.54, 1.807) is 0 Å². The lowest BCUT2D eigenvalue weighted by Crippen LogP contribution is -2.07. The summed E-state index contributed by atoms with van der Waals surface area (Å²) in [7, 11) is 0. The van der Waals surface area contributed by atoms with Gasteiger partial charge in [0.1, 0.15) is 0 Å². The quantitative estimate of drug-likeness (QED) is 0.565. The second-order valence-corrected chi connectivity index (χ2v) is 6.04. The lowest BCUT2D eigenvalue weighted by Gasteiger charge is -2.14. The van der Waals surface area contributed by atoms with Crippen LogP contribution in [0.15, 0.2) is 53.2 Å².